The Balaban J connectivity index is 2.47. The number of nitrogens with zero attached hydrogens (tertiary/aromatic N) is 2. The first kappa shape index (κ1) is 27.5. The number of carbonyl (C=O) groups is 2. The Bertz CT molecular complexity index is 1140. The summed E-state index contributed by atoms with van der Waals surface area (Å²) in [5.74, 6) is -0.624. The lowest BCUT2D eigenvalue weighted by Crippen LogP contribution is -2.52. The van der Waals surface area contributed by atoms with Gasteiger partial charge in [0.2, 0.25) is 21.8 Å². The molecule has 0 aliphatic rings. The number of hydrogen-bond donors (Lipinski definition) is 1. The van der Waals surface area contributed by atoms with Crippen molar-refractivity contribution in [3.05, 3.63) is 58.6 Å². The number of hydrogen-bond acceptors (Lipinski definition) is 5. The zero-order valence-electron chi connectivity index (χ0n) is 20.3. The second kappa shape index (κ2) is 11.6. The molecule has 0 saturated heterocycles. The van der Waals surface area contributed by atoms with E-state index in [0.29, 0.717) is 0 Å². The van der Waals surface area contributed by atoms with Crippen LogP contribution in [-0.4, -0.2) is 57.1 Å². The molecule has 0 aliphatic carbocycles. The minimum atomic E-state index is -3.89. The third kappa shape index (κ3) is 7.36. The first-order valence-corrected chi connectivity index (χ1v) is 13.0. The molecule has 0 bridgehead atoms. The molecule has 0 spiro atoms. The van der Waals surface area contributed by atoms with Crippen LogP contribution >= 0.6 is 11.6 Å². The topological polar surface area (TPSA) is 96.0 Å². The Labute approximate surface area is 206 Å². The van der Waals surface area contributed by atoms with Crippen LogP contribution in [0, 0.1) is 6.92 Å². The van der Waals surface area contributed by atoms with Crippen molar-refractivity contribution in [2.75, 3.05) is 24.2 Å². The van der Waals surface area contributed by atoms with Crippen molar-refractivity contribution < 1.29 is 22.7 Å². The van der Waals surface area contributed by atoms with Gasteiger partial charge >= 0.3 is 0 Å². The molecule has 0 saturated carbocycles. The summed E-state index contributed by atoms with van der Waals surface area (Å²) in [5.41, 5.74) is 1.97. The number of benzene rings is 2. The highest BCUT2D eigenvalue weighted by Crippen LogP contribution is 2.33. The Morgan fingerprint density at radius 1 is 1.12 bits per heavy atom. The summed E-state index contributed by atoms with van der Waals surface area (Å²) >= 11 is 6.10. The third-order valence-electron chi connectivity index (χ3n) is 5.12. The van der Waals surface area contributed by atoms with Crippen molar-refractivity contribution in [1.82, 2.24) is 10.2 Å². The number of rotatable bonds is 10. The molecular formula is C24H32ClN3O5S. The number of carbonyl (C=O) groups excluding carboxylic acids is 2. The maximum atomic E-state index is 13.5. The summed E-state index contributed by atoms with van der Waals surface area (Å²) in [6.45, 7) is 6.82. The van der Waals surface area contributed by atoms with E-state index in [4.69, 9.17) is 16.3 Å². The fraction of sp³-hybridized carbons (Fsp3) is 0.417. The van der Waals surface area contributed by atoms with Crippen LogP contribution in [0.2, 0.25) is 5.02 Å². The predicted molar refractivity (Wildman–Crippen MR) is 135 cm³/mol. The number of ether oxygens (including phenoxy) is 1. The van der Waals surface area contributed by atoms with Crippen LogP contribution < -0.4 is 14.4 Å². The van der Waals surface area contributed by atoms with Gasteiger partial charge < -0.3 is 15.0 Å². The normalized spacial score (nSPS) is 12.2. The van der Waals surface area contributed by atoms with Gasteiger partial charge in [-0.1, -0.05) is 41.4 Å². The van der Waals surface area contributed by atoms with Crippen LogP contribution in [0.4, 0.5) is 5.69 Å². The molecule has 10 heteroatoms. The number of halogens is 1. The van der Waals surface area contributed by atoms with Crippen molar-refractivity contribution in [2.24, 2.45) is 0 Å². The summed E-state index contributed by atoms with van der Waals surface area (Å²) < 4.78 is 31.6. The van der Waals surface area contributed by atoms with Crippen molar-refractivity contribution in [2.45, 2.75) is 46.3 Å². The highest BCUT2D eigenvalue weighted by atomic mass is 35.5. The summed E-state index contributed by atoms with van der Waals surface area (Å²) in [7, 11) is -2.49. The van der Waals surface area contributed by atoms with E-state index in [2.05, 4.69) is 5.32 Å². The number of methoxy groups -OCH3 is 1. The lowest BCUT2D eigenvalue weighted by molar-refractivity contribution is -0.139. The molecule has 1 atom stereocenters. The standard InChI is InChI=1S/C24H32ClN3O5S/c1-16(2)26-24(30)18(4)27(14-19-9-7-8-17(3)12-19)23(29)15-28(34(6,31)32)21-13-20(25)10-11-22(21)33-5/h7-13,16,18H,14-15H2,1-6H3,(H,26,30)/t18-/m0/s1. The van der Waals surface area contributed by atoms with E-state index >= 15 is 0 Å². The van der Waals surface area contributed by atoms with Crippen LogP contribution in [0.5, 0.6) is 5.75 Å². The fourth-order valence-electron chi connectivity index (χ4n) is 3.45. The highest BCUT2D eigenvalue weighted by Gasteiger charge is 2.31. The number of nitrogens with one attached hydrogen (secondary N) is 1. The lowest BCUT2D eigenvalue weighted by Gasteiger charge is -2.32. The maximum Gasteiger partial charge on any atom is 0.244 e. The van der Waals surface area contributed by atoms with Gasteiger partial charge in [-0.05, 0) is 51.5 Å². The van der Waals surface area contributed by atoms with E-state index < -0.39 is 28.5 Å². The van der Waals surface area contributed by atoms with Crippen molar-refractivity contribution >= 4 is 39.1 Å². The highest BCUT2D eigenvalue weighted by molar-refractivity contribution is 7.92. The van der Waals surface area contributed by atoms with Crippen LogP contribution in [0.1, 0.15) is 31.9 Å². The van der Waals surface area contributed by atoms with Crippen molar-refractivity contribution in [3.63, 3.8) is 0 Å². The molecule has 0 radical (unpaired) electrons. The average molecular weight is 510 g/mol. The molecule has 2 rings (SSSR count). The molecule has 2 aromatic carbocycles. The molecule has 0 heterocycles. The van der Waals surface area contributed by atoms with Gasteiger partial charge in [0, 0.05) is 17.6 Å². The SMILES string of the molecule is COc1ccc(Cl)cc1N(CC(=O)N(Cc1cccc(C)c1)[C@@H](C)C(=O)NC(C)C)S(C)(=O)=O. The third-order valence-corrected chi connectivity index (χ3v) is 6.48. The molecular weight excluding hydrogens is 478 g/mol. The molecule has 0 unspecified atom stereocenters. The maximum absolute atomic E-state index is 13.5. The van der Waals surface area contributed by atoms with Gasteiger partial charge in [0.05, 0.1) is 19.1 Å². The van der Waals surface area contributed by atoms with Gasteiger partial charge in [-0.25, -0.2) is 8.42 Å². The van der Waals surface area contributed by atoms with Crippen LogP contribution in [0.15, 0.2) is 42.5 Å². The van der Waals surface area contributed by atoms with Crippen LogP contribution in [0.25, 0.3) is 0 Å². The smallest absolute Gasteiger partial charge is 0.244 e. The van der Waals surface area contributed by atoms with Crippen molar-refractivity contribution in [3.8, 4) is 5.75 Å². The number of amides is 2. The largest absolute Gasteiger partial charge is 0.495 e. The Hall–Kier alpha value is -2.78. The van der Waals surface area contributed by atoms with Gasteiger partial charge in [0.15, 0.2) is 0 Å². The first-order valence-electron chi connectivity index (χ1n) is 10.8. The predicted octanol–water partition coefficient (Wildman–Crippen LogP) is 3.36. The molecule has 2 amide bonds. The Morgan fingerprint density at radius 3 is 2.35 bits per heavy atom. The first-order chi connectivity index (χ1) is 15.8. The van der Waals surface area contributed by atoms with Gasteiger partial charge in [0.1, 0.15) is 18.3 Å². The monoisotopic (exact) mass is 509 g/mol. The Kier molecular flexibility index (Phi) is 9.35. The number of anilines is 1. The minimum absolute atomic E-state index is 0.117. The van der Waals surface area contributed by atoms with Gasteiger partial charge in [-0.15, -0.1) is 0 Å². The molecule has 34 heavy (non-hydrogen) atoms. The quantitative estimate of drug-likeness (QED) is 0.529. The van der Waals surface area contributed by atoms with Crippen LogP contribution in [0.3, 0.4) is 0 Å². The molecule has 8 nitrogen and oxygen atoms in total. The molecule has 186 valence electrons. The molecule has 0 aliphatic heterocycles. The molecule has 1 N–H and O–H groups in total. The van der Waals surface area contributed by atoms with E-state index in [1.165, 1.54) is 24.1 Å². The van der Waals surface area contributed by atoms with Gasteiger partial charge in [-0.3, -0.25) is 13.9 Å². The van der Waals surface area contributed by atoms with Crippen LogP contribution in [-0.2, 0) is 26.2 Å². The molecule has 0 aromatic heterocycles. The summed E-state index contributed by atoms with van der Waals surface area (Å²) in [5, 5.41) is 3.10. The second-order valence-electron chi connectivity index (χ2n) is 8.44. The summed E-state index contributed by atoms with van der Waals surface area (Å²) in [4.78, 5) is 27.7. The second-order valence-corrected chi connectivity index (χ2v) is 10.8. The molecule has 0 fully saturated rings. The van der Waals surface area contributed by atoms with Gasteiger partial charge in [-0.2, -0.15) is 0 Å². The fourth-order valence-corrected chi connectivity index (χ4v) is 4.46. The molecule has 2 aromatic rings. The van der Waals surface area contributed by atoms with E-state index in [9.17, 15) is 18.0 Å². The van der Waals surface area contributed by atoms with E-state index in [-0.39, 0.29) is 35.0 Å². The van der Waals surface area contributed by atoms with E-state index in [1.54, 1.807) is 13.0 Å². The average Bonchev–Trinajstić information content (AvgIpc) is 2.74. The lowest BCUT2D eigenvalue weighted by atomic mass is 10.1. The zero-order chi connectivity index (χ0) is 25.6. The number of aryl methyl sites for hydroxylation is 1. The Morgan fingerprint density at radius 2 is 1.79 bits per heavy atom. The minimum Gasteiger partial charge on any atom is -0.495 e. The summed E-state index contributed by atoms with van der Waals surface area (Å²) in [6, 6.07) is 11.1. The summed E-state index contributed by atoms with van der Waals surface area (Å²) in [6.07, 6.45) is 1.00. The van der Waals surface area contributed by atoms with E-state index in [1.807, 2.05) is 45.0 Å². The van der Waals surface area contributed by atoms with E-state index in [0.717, 1.165) is 21.7 Å². The number of sulfonamides is 1. The van der Waals surface area contributed by atoms with Gasteiger partial charge in [0.25, 0.3) is 0 Å². The zero-order valence-corrected chi connectivity index (χ0v) is 21.9. The van der Waals surface area contributed by atoms with Crippen molar-refractivity contribution in [1.29, 1.82) is 0 Å².